The second-order valence-electron chi connectivity index (χ2n) is 7.05. The Morgan fingerprint density at radius 1 is 1.33 bits per heavy atom. The average molecular weight is 435 g/mol. The number of rotatable bonds is 8. The predicted molar refractivity (Wildman–Crippen MR) is 115 cm³/mol. The van der Waals surface area contributed by atoms with E-state index in [0.29, 0.717) is 35.2 Å². The van der Waals surface area contributed by atoms with Gasteiger partial charge in [-0.15, -0.1) is 0 Å². The van der Waals surface area contributed by atoms with Crippen molar-refractivity contribution < 1.29 is 19.0 Å². The van der Waals surface area contributed by atoms with Crippen LogP contribution in [-0.4, -0.2) is 68.4 Å². The van der Waals surface area contributed by atoms with Crippen LogP contribution in [0.3, 0.4) is 0 Å². The maximum atomic E-state index is 12.8. The average Bonchev–Trinajstić information content (AvgIpc) is 2.76. The zero-order chi connectivity index (χ0) is 21.5. The van der Waals surface area contributed by atoms with Crippen molar-refractivity contribution in [2.24, 2.45) is 0 Å². The number of piperidine rings is 1. The smallest absolute Gasteiger partial charge is 0.255 e. The first kappa shape index (κ1) is 22.1. The minimum absolute atomic E-state index is 0.124. The molecule has 0 unspecified atom stereocenters. The Balaban J connectivity index is 1.55. The number of nitrogens with one attached hydrogen (secondary N) is 1. The van der Waals surface area contributed by atoms with Crippen molar-refractivity contribution in [3.05, 3.63) is 47.2 Å². The van der Waals surface area contributed by atoms with Gasteiger partial charge in [0.2, 0.25) is 0 Å². The minimum atomic E-state index is -0.268. The molecule has 30 heavy (non-hydrogen) atoms. The predicted octanol–water partition coefficient (Wildman–Crippen LogP) is 2.22. The Kier molecular flexibility index (Phi) is 7.73. The number of carbonyl (C=O) groups is 1. The SMILES string of the molecule is COc1cc(N)c(Cl)cc1C(=O)N[C@H]1CCN(CCOc2ccncc2)C[C@H]1OC. The molecule has 3 N–H and O–H groups in total. The third kappa shape index (κ3) is 5.53. The molecule has 1 aliphatic heterocycles. The highest BCUT2D eigenvalue weighted by Crippen LogP contribution is 2.29. The van der Waals surface area contributed by atoms with Gasteiger partial charge in [0.1, 0.15) is 18.1 Å². The van der Waals surface area contributed by atoms with Crippen LogP contribution in [0.25, 0.3) is 0 Å². The molecule has 9 heteroatoms. The van der Waals surface area contributed by atoms with Crippen LogP contribution >= 0.6 is 11.6 Å². The number of benzene rings is 1. The Labute approximate surface area is 181 Å². The topological polar surface area (TPSA) is 98.9 Å². The number of ether oxygens (including phenoxy) is 3. The molecule has 0 radical (unpaired) electrons. The fourth-order valence-electron chi connectivity index (χ4n) is 3.48. The van der Waals surface area contributed by atoms with Crippen LogP contribution in [0, 0.1) is 0 Å². The van der Waals surface area contributed by atoms with Crippen molar-refractivity contribution >= 4 is 23.2 Å². The number of nitrogens with two attached hydrogens (primary N) is 1. The van der Waals surface area contributed by atoms with E-state index in [-0.39, 0.29) is 18.1 Å². The summed E-state index contributed by atoms with van der Waals surface area (Å²) in [5, 5.41) is 3.37. The third-order valence-electron chi connectivity index (χ3n) is 5.15. The molecule has 1 saturated heterocycles. The summed E-state index contributed by atoms with van der Waals surface area (Å²) >= 11 is 6.09. The fraction of sp³-hybridized carbons (Fsp3) is 0.429. The normalized spacial score (nSPS) is 19.3. The van der Waals surface area contributed by atoms with Crippen molar-refractivity contribution in [1.82, 2.24) is 15.2 Å². The van der Waals surface area contributed by atoms with Gasteiger partial charge in [0.05, 0.1) is 35.5 Å². The van der Waals surface area contributed by atoms with Crippen LogP contribution in [0.2, 0.25) is 5.02 Å². The molecule has 0 spiro atoms. The van der Waals surface area contributed by atoms with E-state index in [9.17, 15) is 4.79 Å². The van der Waals surface area contributed by atoms with Gasteiger partial charge in [0, 0.05) is 45.2 Å². The summed E-state index contributed by atoms with van der Waals surface area (Å²) in [6.07, 6.45) is 4.02. The van der Waals surface area contributed by atoms with Crippen molar-refractivity contribution in [2.75, 3.05) is 46.2 Å². The van der Waals surface area contributed by atoms with Crippen LogP contribution in [0.15, 0.2) is 36.7 Å². The molecule has 1 amide bonds. The summed E-state index contributed by atoms with van der Waals surface area (Å²) in [5.74, 6) is 0.913. The number of amides is 1. The lowest BCUT2D eigenvalue weighted by Crippen LogP contribution is -2.55. The highest BCUT2D eigenvalue weighted by molar-refractivity contribution is 6.33. The van der Waals surface area contributed by atoms with Gasteiger partial charge in [-0.1, -0.05) is 11.6 Å². The molecule has 0 bridgehead atoms. The van der Waals surface area contributed by atoms with Gasteiger partial charge in [-0.2, -0.15) is 0 Å². The second-order valence-corrected chi connectivity index (χ2v) is 7.46. The molecule has 2 heterocycles. The summed E-state index contributed by atoms with van der Waals surface area (Å²) in [6, 6.07) is 6.62. The monoisotopic (exact) mass is 434 g/mol. The molecule has 0 saturated carbocycles. The number of aromatic nitrogens is 1. The van der Waals surface area contributed by atoms with E-state index in [1.807, 2.05) is 12.1 Å². The van der Waals surface area contributed by atoms with Crippen molar-refractivity contribution in [2.45, 2.75) is 18.6 Å². The Morgan fingerprint density at radius 3 is 2.80 bits per heavy atom. The summed E-state index contributed by atoms with van der Waals surface area (Å²) in [5.41, 5.74) is 6.51. The number of pyridine rings is 1. The number of nitrogens with zero attached hydrogens (tertiary/aromatic N) is 2. The van der Waals surface area contributed by atoms with Gasteiger partial charge >= 0.3 is 0 Å². The zero-order valence-electron chi connectivity index (χ0n) is 17.1. The van der Waals surface area contributed by atoms with Gasteiger partial charge in [-0.05, 0) is 24.6 Å². The Hall–Kier alpha value is -2.55. The molecule has 0 aliphatic carbocycles. The highest BCUT2D eigenvalue weighted by atomic mass is 35.5. The third-order valence-corrected chi connectivity index (χ3v) is 5.48. The lowest BCUT2D eigenvalue weighted by Gasteiger charge is -2.38. The number of methoxy groups -OCH3 is 2. The summed E-state index contributed by atoms with van der Waals surface area (Å²) in [7, 11) is 3.14. The number of halogens is 1. The standard InChI is InChI=1S/C21H27ClN4O4/c1-28-19-12-17(23)16(22)11-15(19)21(27)25-18-5-8-26(13-20(18)29-2)9-10-30-14-3-6-24-7-4-14/h3-4,6-7,11-12,18,20H,5,8-10,13,23H2,1-2H3,(H,25,27)/t18-,20+/m0/s1. The van der Waals surface area contributed by atoms with Gasteiger partial charge in [-0.25, -0.2) is 0 Å². The zero-order valence-corrected chi connectivity index (χ0v) is 17.9. The van der Waals surface area contributed by atoms with E-state index in [2.05, 4.69) is 15.2 Å². The van der Waals surface area contributed by atoms with Gasteiger partial charge < -0.3 is 25.3 Å². The number of nitrogen functional groups attached to an aromatic ring is 1. The van der Waals surface area contributed by atoms with Crippen LogP contribution in [-0.2, 0) is 4.74 Å². The molecule has 1 aromatic carbocycles. The van der Waals surface area contributed by atoms with E-state index in [4.69, 9.17) is 31.5 Å². The maximum Gasteiger partial charge on any atom is 0.255 e. The first-order chi connectivity index (χ1) is 14.5. The second kappa shape index (κ2) is 10.5. The summed E-state index contributed by atoms with van der Waals surface area (Å²) < 4.78 is 16.7. The molecule has 2 atom stereocenters. The van der Waals surface area contributed by atoms with Crippen LogP contribution in [0.1, 0.15) is 16.8 Å². The van der Waals surface area contributed by atoms with Crippen molar-refractivity contribution in [3.8, 4) is 11.5 Å². The first-order valence-electron chi connectivity index (χ1n) is 9.73. The van der Waals surface area contributed by atoms with Gasteiger partial charge in [0.25, 0.3) is 5.91 Å². The van der Waals surface area contributed by atoms with E-state index in [1.54, 1.807) is 25.6 Å². The maximum absolute atomic E-state index is 12.8. The first-order valence-corrected chi connectivity index (χ1v) is 10.1. The summed E-state index contributed by atoms with van der Waals surface area (Å²) in [6.45, 7) is 2.85. The van der Waals surface area contributed by atoms with Crippen LogP contribution in [0.4, 0.5) is 5.69 Å². The Morgan fingerprint density at radius 2 is 2.10 bits per heavy atom. The fourth-order valence-corrected chi connectivity index (χ4v) is 3.64. The van der Waals surface area contributed by atoms with Crippen molar-refractivity contribution in [3.63, 3.8) is 0 Å². The minimum Gasteiger partial charge on any atom is -0.496 e. The molecule has 2 aromatic rings. The number of carbonyl (C=O) groups excluding carboxylic acids is 1. The van der Waals surface area contributed by atoms with E-state index in [1.165, 1.54) is 13.2 Å². The number of anilines is 1. The van der Waals surface area contributed by atoms with E-state index in [0.717, 1.165) is 25.3 Å². The molecule has 8 nitrogen and oxygen atoms in total. The van der Waals surface area contributed by atoms with Gasteiger partial charge in [-0.3, -0.25) is 14.7 Å². The lowest BCUT2D eigenvalue weighted by atomic mass is 10.0. The summed E-state index contributed by atoms with van der Waals surface area (Å²) in [4.78, 5) is 19.1. The number of likely N-dealkylation sites (tertiary alicyclic amines) is 1. The van der Waals surface area contributed by atoms with Crippen LogP contribution < -0.4 is 20.5 Å². The van der Waals surface area contributed by atoms with Gasteiger partial charge in [0.15, 0.2) is 0 Å². The molecular formula is C21H27ClN4O4. The Bertz CT molecular complexity index is 852. The number of hydrogen-bond acceptors (Lipinski definition) is 7. The molecule has 1 aromatic heterocycles. The largest absolute Gasteiger partial charge is 0.496 e. The van der Waals surface area contributed by atoms with Crippen molar-refractivity contribution in [1.29, 1.82) is 0 Å². The van der Waals surface area contributed by atoms with Crippen LogP contribution in [0.5, 0.6) is 11.5 Å². The number of hydrogen-bond donors (Lipinski definition) is 2. The molecule has 162 valence electrons. The van der Waals surface area contributed by atoms with E-state index < -0.39 is 0 Å². The molecular weight excluding hydrogens is 408 g/mol. The quantitative estimate of drug-likeness (QED) is 0.614. The molecule has 1 fully saturated rings. The lowest BCUT2D eigenvalue weighted by molar-refractivity contribution is 0.00322. The molecule has 1 aliphatic rings. The molecule has 3 rings (SSSR count). The highest BCUT2D eigenvalue weighted by Gasteiger charge is 2.31. The van der Waals surface area contributed by atoms with E-state index >= 15 is 0 Å².